The minimum atomic E-state index is -1.13. The van der Waals surface area contributed by atoms with Crippen molar-refractivity contribution < 1.29 is 38.2 Å². The van der Waals surface area contributed by atoms with E-state index in [4.69, 9.17) is 14.2 Å². The van der Waals surface area contributed by atoms with Crippen molar-refractivity contribution in [3.05, 3.63) is 48.6 Å². The number of carboxylic acids is 1. The fraction of sp³-hybridized carbons (Fsp3) is 0.792. The third kappa shape index (κ3) is 42.4. The average Bonchev–Trinajstić information content (AvgIpc) is 3.22. The van der Waals surface area contributed by atoms with Gasteiger partial charge in [0.15, 0.2) is 6.10 Å². The molecule has 61 heavy (non-hydrogen) atoms. The van der Waals surface area contributed by atoms with Crippen LogP contribution >= 0.6 is 0 Å². The Labute approximate surface area is 376 Å². The van der Waals surface area contributed by atoms with Gasteiger partial charge in [-0.1, -0.05) is 184 Å². The van der Waals surface area contributed by atoms with Crippen molar-refractivity contribution in [3.63, 3.8) is 0 Å². The highest BCUT2D eigenvalue weighted by molar-refractivity contribution is 5.70. The summed E-state index contributed by atoms with van der Waals surface area (Å²) in [5.74, 6) is -1.76. The maximum Gasteiger partial charge on any atom is 0.306 e. The molecule has 354 valence electrons. The van der Waals surface area contributed by atoms with Gasteiger partial charge in [0.2, 0.25) is 0 Å². The maximum absolute atomic E-state index is 12.8. The van der Waals surface area contributed by atoms with Crippen LogP contribution in [-0.4, -0.2) is 75.5 Å². The zero-order valence-corrected chi connectivity index (χ0v) is 40.3. The summed E-state index contributed by atoms with van der Waals surface area (Å²) in [6.07, 6.45) is 52.8. The van der Waals surface area contributed by atoms with Gasteiger partial charge in [-0.15, -0.1) is 0 Å². The van der Waals surface area contributed by atoms with E-state index < -0.39 is 18.1 Å². The second-order valence-corrected chi connectivity index (χ2v) is 18.1. The Bertz CT molecular complexity index is 1140. The Morgan fingerprint density at radius 3 is 1.31 bits per heavy atom. The number of nitrogens with zero attached hydrogens (tertiary/aromatic N) is 1. The number of quaternary nitrogens is 1. The SMILES string of the molecule is CCCCCCC/C=C/C=C/C=C/CCCCCCCC(=O)OCC(COCCC(C(=O)[O-])[N+](C)(C)C)OC(=O)CCCCCCCCC/C=C/CCCCCCCCCC. The molecule has 0 aromatic carbocycles. The van der Waals surface area contributed by atoms with Gasteiger partial charge in [0, 0.05) is 19.3 Å². The van der Waals surface area contributed by atoms with Gasteiger partial charge in [-0.25, -0.2) is 0 Å². The summed E-state index contributed by atoms with van der Waals surface area (Å²) in [4.78, 5) is 37.0. The molecule has 2 unspecified atom stereocenters. The molecule has 8 heteroatoms. The topological polar surface area (TPSA) is 102 Å². The number of aliphatic carboxylic acids is 1. The Morgan fingerprint density at radius 1 is 0.492 bits per heavy atom. The van der Waals surface area contributed by atoms with Gasteiger partial charge in [0.05, 0.1) is 40.3 Å². The summed E-state index contributed by atoms with van der Waals surface area (Å²) in [5.41, 5.74) is 0. The smallest absolute Gasteiger partial charge is 0.306 e. The largest absolute Gasteiger partial charge is 0.544 e. The van der Waals surface area contributed by atoms with Crippen LogP contribution in [0.3, 0.4) is 0 Å². The van der Waals surface area contributed by atoms with E-state index in [0.717, 1.165) is 64.2 Å². The van der Waals surface area contributed by atoms with Crippen LogP contribution in [0.25, 0.3) is 0 Å². The molecule has 0 aliphatic heterocycles. The van der Waals surface area contributed by atoms with E-state index in [0.29, 0.717) is 12.8 Å². The molecular weight excluding hydrogens is 763 g/mol. The maximum atomic E-state index is 12.8. The standard InChI is InChI=1S/C53H95NO7/c1-6-8-10-12-14-16-18-20-22-24-26-28-30-32-34-36-38-40-42-44-52(56)61-49(47-59-46-45-50(53(57)58)54(3,4)5)48-60-51(55)43-41-39-37-35-33-31-29-27-25-23-21-19-17-15-13-11-9-7-2/h19,21,23-27,29,49-50H,6-18,20,22,28,30-48H2,1-5H3/b21-19+,25-23+,26-24+,29-27+. The first-order valence-corrected chi connectivity index (χ1v) is 25.2. The average molecular weight is 858 g/mol. The van der Waals surface area contributed by atoms with Crippen molar-refractivity contribution in [2.45, 2.75) is 231 Å². The number of unbranched alkanes of at least 4 members (excludes halogenated alkanes) is 25. The van der Waals surface area contributed by atoms with Gasteiger partial charge in [0.25, 0.3) is 0 Å². The van der Waals surface area contributed by atoms with Crippen LogP contribution in [0.4, 0.5) is 0 Å². The highest BCUT2D eigenvalue weighted by atomic mass is 16.6. The monoisotopic (exact) mass is 858 g/mol. The molecule has 0 spiro atoms. The zero-order valence-electron chi connectivity index (χ0n) is 40.3. The molecule has 0 saturated heterocycles. The van der Waals surface area contributed by atoms with Crippen LogP contribution in [0.2, 0.25) is 0 Å². The van der Waals surface area contributed by atoms with E-state index in [1.54, 1.807) is 21.1 Å². The Kier molecular flexibility index (Phi) is 42.0. The minimum absolute atomic E-state index is 0.0322. The molecular formula is C53H95NO7. The number of likely N-dealkylation sites (N-methyl/N-ethyl adjacent to an activating group) is 1. The molecule has 0 N–H and O–H groups in total. The molecule has 8 nitrogen and oxygen atoms in total. The van der Waals surface area contributed by atoms with Crippen LogP contribution in [-0.2, 0) is 28.6 Å². The third-order valence-electron chi connectivity index (χ3n) is 11.2. The predicted octanol–water partition coefficient (Wildman–Crippen LogP) is 13.0. The second-order valence-electron chi connectivity index (χ2n) is 18.1. The van der Waals surface area contributed by atoms with Gasteiger partial charge in [-0.05, 0) is 64.2 Å². The highest BCUT2D eigenvalue weighted by Gasteiger charge is 2.25. The van der Waals surface area contributed by atoms with Crippen LogP contribution in [0, 0.1) is 0 Å². The number of hydrogen-bond donors (Lipinski definition) is 0. The molecule has 0 rings (SSSR count). The molecule has 2 atom stereocenters. The molecule has 0 fully saturated rings. The summed E-state index contributed by atoms with van der Waals surface area (Å²) in [6.45, 7) is 4.64. The molecule has 0 aromatic heterocycles. The van der Waals surface area contributed by atoms with E-state index in [1.807, 2.05) is 0 Å². The number of carboxylic acid groups (broad SMARTS) is 1. The number of carbonyl (C=O) groups is 3. The first kappa shape index (κ1) is 58.3. The summed E-state index contributed by atoms with van der Waals surface area (Å²) in [6, 6.07) is -0.731. The molecule has 0 bridgehead atoms. The molecule has 0 heterocycles. The summed E-state index contributed by atoms with van der Waals surface area (Å²) in [5, 5.41) is 11.7. The number of allylic oxidation sites excluding steroid dienone is 8. The van der Waals surface area contributed by atoms with Crippen molar-refractivity contribution >= 4 is 17.9 Å². The van der Waals surface area contributed by atoms with Crippen LogP contribution in [0.5, 0.6) is 0 Å². The number of rotatable bonds is 45. The molecule has 0 amide bonds. The second kappa shape index (κ2) is 43.9. The minimum Gasteiger partial charge on any atom is -0.544 e. The first-order chi connectivity index (χ1) is 29.6. The van der Waals surface area contributed by atoms with E-state index in [-0.39, 0.29) is 42.7 Å². The molecule has 0 aliphatic rings. The summed E-state index contributed by atoms with van der Waals surface area (Å²) < 4.78 is 17.2. The van der Waals surface area contributed by atoms with Gasteiger partial charge >= 0.3 is 11.9 Å². The van der Waals surface area contributed by atoms with Crippen LogP contribution in [0.15, 0.2) is 48.6 Å². The van der Waals surface area contributed by atoms with E-state index in [2.05, 4.69) is 62.5 Å². The van der Waals surface area contributed by atoms with Crippen molar-refractivity contribution in [1.29, 1.82) is 0 Å². The quantitative estimate of drug-likeness (QED) is 0.0198. The Hall–Kier alpha value is -2.71. The van der Waals surface area contributed by atoms with Crippen molar-refractivity contribution in [3.8, 4) is 0 Å². The number of esters is 2. The van der Waals surface area contributed by atoms with Crippen LogP contribution in [0.1, 0.15) is 219 Å². The molecule has 0 aromatic rings. The third-order valence-corrected chi connectivity index (χ3v) is 11.2. The summed E-state index contributed by atoms with van der Waals surface area (Å²) >= 11 is 0. The molecule has 0 radical (unpaired) electrons. The Morgan fingerprint density at radius 2 is 0.885 bits per heavy atom. The summed E-state index contributed by atoms with van der Waals surface area (Å²) in [7, 11) is 5.41. The van der Waals surface area contributed by atoms with Crippen LogP contribution < -0.4 is 5.11 Å². The van der Waals surface area contributed by atoms with E-state index >= 15 is 0 Å². The fourth-order valence-corrected chi connectivity index (χ4v) is 7.30. The lowest BCUT2D eigenvalue weighted by Gasteiger charge is -2.34. The van der Waals surface area contributed by atoms with Gasteiger partial charge in [-0.2, -0.15) is 0 Å². The normalized spacial score (nSPS) is 13.3. The fourth-order valence-electron chi connectivity index (χ4n) is 7.30. The van der Waals surface area contributed by atoms with E-state index in [9.17, 15) is 19.5 Å². The number of ether oxygens (including phenoxy) is 3. The lowest BCUT2D eigenvalue weighted by atomic mass is 10.1. The predicted molar refractivity (Wildman–Crippen MR) is 254 cm³/mol. The van der Waals surface area contributed by atoms with Crippen molar-refractivity contribution in [2.75, 3.05) is 41.0 Å². The number of carbonyl (C=O) groups excluding carboxylic acids is 3. The van der Waals surface area contributed by atoms with Crippen molar-refractivity contribution in [2.24, 2.45) is 0 Å². The Balaban J connectivity index is 4.31. The molecule has 0 aliphatic carbocycles. The lowest BCUT2D eigenvalue weighted by Crippen LogP contribution is -2.55. The first-order valence-electron chi connectivity index (χ1n) is 25.2. The van der Waals surface area contributed by atoms with Crippen molar-refractivity contribution in [1.82, 2.24) is 0 Å². The number of hydrogen-bond acceptors (Lipinski definition) is 7. The van der Waals surface area contributed by atoms with E-state index in [1.165, 1.54) is 122 Å². The molecule has 0 saturated carbocycles. The van der Waals surface area contributed by atoms with Gasteiger partial charge in [0.1, 0.15) is 12.6 Å². The van der Waals surface area contributed by atoms with Gasteiger partial charge < -0.3 is 28.6 Å². The lowest BCUT2D eigenvalue weighted by molar-refractivity contribution is -0.889. The van der Waals surface area contributed by atoms with Gasteiger partial charge in [-0.3, -0.25) is 9.59 Å². The highest BCUT2D eigenvalue weighted by Crippen LogP contribution is 2.14. The zero-order chi connectivity index (χ0) is 44.9.